The van der Waals surface area contributed by atoms with Crippen LogP contribution in [0.5, 0.6) is 0 Å². The van der Waals surface area contributed by atoms with Gasteiger partial charge in [-0.3, -0.25) is 4.79 Å². The van der Waals surface area contributed by atoms with Crippen molar-refractivity contribution in [2.45, 2.75) is 51.1 Å². The van der Waals surface area contributed by atoms with E-state index in [-0.39, 0.29) is 12.3 Å². The van der Waals surface area contributed by atoms with Gasteiger partial charge in [-0.25, -0.2) is 0 Å². The number of carbonyl (C=O) groups is 1. The van der Waals surface area contributed by atoms with Crippen LogP contribution in [0.4, 0.5) is 0 Å². The third kappa shape index (κ3) is 3.40. The van der Waals surface area contributed by atoms with Crippen LogP contribution in [0.1, 0.15) is 49.7 Å². The average Bonchev–Trinajstić information content (AvgIpc) is 3.28. The summed E-state index contributed by atoms with van der Waals surface area (Å²) in [5.41, 5.74) is 1.35. The van der Waals surface area contributed by atoms with Gasteiger partial charge in [0, 0.05) is 11.4 Å². The lowest BCUT2D eigenvalue weighted by Gasteiger charge is -2.24. The number of rotatable bonds is 5. The zero-order chi connectivity index (χ0) is 17.1. The maximum Gasteiger partial charge on any atom is 0.226 e. The average molecular weight is 339 g/mol. The standard InChI is InChI=1S/C18H21N5O2/c24-18(10-15-14-8-4-5-9-16(14)25-22-15)19-11-17-21-20-12-23(17)13-6-2-1-3-7-13/h4-5,8-9,12-13H,1-3,6-7,10-11H2,(H,19,24). The van der Waals surface area contributed by atoms with Gasteiger partial charge in [0.2, 0.25) is 5.91 Å². The summed E-state index contributed by atoms with van der Waals surface area (Å²) < 4.78 is 7.36. The lowest BCUT2D eigenvalue weighted by atomic mass is 9.95. The number of carbonyl (C=O) groups excluding carboxylic acids is 1. The fourth-order valence-electron chi connectivity index (χ4n) is 3.52. The maximum absolute atomic E-state index is 12.3. The molecule has 3 aromatic rings. The Morgan fingerprint density at radius 2 is 2.08 bits per heavy atom. The molecule has 0 radical (unpaired) electrons. The van der Waals surface area contributed by atoms with Crippen LogP contribution in [0, 0.1) is 0 Å². The topological polar surface area (TPSA) is 85.8 Å². The minimum Gasteiger partial charge on any atom is -0.356 e. The van der Waals surface area contributed by atoms with Crippen LogP contribution in [-0.4, -0.2) is 25.8 Å². The Bertz CT molecular complexity index is 863. The van der Waals surface area contributed by atoms with Gasteiger partial charge < -0.3 is 14.4 Å². The second-order valence-corrected chi connectivity index (χ2v) is 6.53. The summed E-state index contributed by atoms with van der Waals surface area (Å²) in [6.07, 6.45) is 8.07. The second kappa shape index (κ2) is 7.04. The Kier molecular flexibility index (Phi) is 4.45. The van der Waals surface area contributed by atoms with Gasteiger partial charge in [0.25, 0.3) is 0 Å². The second-order valence-electron chi connectivity index (χ2n) is 6.53. The minimum atomic E-state index is -0.0998. The molecule has 1 N–H and O–H groups in total. The van der Waals surface area contributed by atoms with Gasteiger partial charge in [-0.2, -0.15) is 0 Å². The molecule has 1 fully saturated rings. The Balaban J connectivity index is 1.38. The lowest BCUT2D eigenvalue weighted by molar-refractivity contribution is -0.120. The van der Waals surface area contributed by atoms with Gasteiger partial charge >= 0.3 is 0 Å². The molecule has 1 saturated carbocycles. The van der Waals surface area contributed by atoms with E-state index in [1.807, 2.05) is 24.3 Å². The van der Waals surface area contributed by atoms with E-state index < -0.39 is 0 Å². The van der Waals surface area contributed by atoms with Crippen LogP contribution in [0.2, 0.25) is 0 Å². The van der Waals surface area contributed by atoms with Crippen molar-refractivity contribution in [2.75, 3.05) is 0 Å². The van der Waals surface area contributed by atoms with Crippen molar-refractivity contribution < 1.29 is 9.32 Å². The highest BCUT2D eigenvalue weighted by Crippen LogP contribution is 2.28. The first-order valence-electron chi connectivity index (χ1n) is 8.79. The van der Waals surface area contributed by atoms with Crippen molar-refractivity contribution in [2.24, 2.45) is 0 Å². The molecule has 7 nitrogen and oxygen atoms in total. The van der Waals surface area contributed by atoms with E-state index in [1.165, 1.54) is 19.3 Å². The molecule has 4 rings (SSSR count). The molecule has 0 unspecified atom stereocenters. The molecular weight excluding hydrogens is 318 g/mol. The van der Waals surface area contributed by atoms with Crippen LogP contribution < -0.4 is 5.32 Å². The van der Waals surface area contributed by atoms with Gasteiger partial charge in [-0.15, -0.1) is 10.2 Å². The molecule has 1 aromatic carbocycles. The highest BCUT2D eigenvalue weighted by molar-refractivity contribution is 5.86. The molecular formula is C18H21N5O2. The zero-order valence-electron chi connectivity index (χ0n) is 14.0. The Labute approximate surface area is 145 Å². The molecule has 0 bridgehead atoms. The number of fused-ring (bicyclic) bond motifs is 1. The molecule has 130 valence electrons. The number of nitrogens with zero attached hydrogens (tertiary/aromatic N) is 4. The van der Waals surface area contributed by atoms with Gasteiger partial charge in [-0.1, -0.05) is 36.6 Å². The number of nitrogens with one attached hydrogen (secondary N) is 1. The first-order valence-corrected chi connectivity index (χ1v) is 8.79. The molecule has 1 aliphatic rings. The Morgan fingerprint density at radius 1 is 1.24 bits per heavy atom. The predicted octanol–water partition coefficient (Wildman–Crippen LogP) is 2.78. The first-order chi connectivity index (χ1) is 12.3. The molecule has 2 aromatic heterocycles. The minimum absolute atomic E-state index is 0.0998. The summed E-state index contributed by atoms with van der Waals surface area (Å²) >= 11 is 0. The fraction of sp³-hybridized carbons (Fsp3) is 0.444. The van der Waals surface area contributed by atoms with Crippen LogP contribution in [0.25, 0.3) is 11.0 Å². The van der Waals surface area contributed by atoms with E-state index in [9.17, 15) is 4.79 Å². The highest BCUT2D eigenvalue weighted by Gasteiger charge is 2.19. The molecule has 2 heterocycles. The normalized spacial score (nSPS) is 15.5. The molecule has 1 amide bonds. The zero-order valence-corrected chi connectivity index (χ0v) is 14.0. The van der Waals surface area contributed by atoms with Crippen molar-refractivity contribution in [1.82, 2.24) is 25.2 Å². The Morgan fingerprint density at radius 3 is 2.96 bits per heavy atom. The van der Waals surface area contributed by atoms with Gasteiger partial charge in [-0.05, 0) is 25.0 Å². The van der Waals surface area contributed by atoms with E-state index in [0.717, 1.165) is 24.1 Å². The quantitative estimate of drug-likeness (QED) is 0.772. The number of para-hydroxylation sites is 1. The van der Waals surface area contributed by atoms with Gasteiger partial charge in [0.1, 0.15) is 12.0 Å². The molecule has 0 aliphatic heterocycles. The largest absolute Gasteiger partial charge is 0.356 e. The van der Waals surface area contributed by atoms with E-state index in [1.54, 1.807) is 6.33 Å². The number of benzene rings is 1. The number of hydrogen-bond acceptors (Lipinski definition) is 5. The molecule has 0 saturated heterocycles. The van der Waals surface area contributed by atoms with Crippen molar-refractivity contribution in [3.05, 3.63) is 42.1 Å². The van der Waals surface area contributed by atoms with Gasteiger partial charge in [0.15, 0.2) is 11.4 Å². The van der Waals surface area contributed by atoms with Crippen LogP contribution >= 0.6 is 0 Å². The van der Waals surface area contributed by atoms with Crippen molar-refractivity contribution in [3.63, 3.8) is 0 Å². The van der Waals surface area contributed by atoms with E-state index in [0.29, 0.717) is 23.9 Å². The van der Waals surface area contributed by atoms with E-state index >= 15 is 0 Å². The summed E-state index contributed by atoms with van der Waals surface area (Å²) in [4.78, 5) is 12.3. The molecule has 0 atom stereocenters. The summed E-state index contributed by atoms with van der Waals surface area (Å²) in [5.74, 6) is 0.711. The molecule has 1 aliphatic carbocycles. The number of aromatic nitrogens is 4. The Hall–Kier alpha value is -2.70. The third-order valence-corrected chi connectivity index (χ3v) is 4.84. The van der Waals surface area contributed by atoms with Crippen LogP contribution in [-0.2, 0) is 17.8 Å². The van der Waals surface area contributed by atoms with E-state index in [4.69, 9.17) is 4.52 Å². The maximum atomic E-state index is 12.3. The summed E-state index contributed by atoms with van der Waals surface area (Å²) in [5, 5.41) is 16.0. The third-order valence-electron chi connectivity index (χ3n) is 4.84. The van der Waals surface area contributed by atoms with Gasteiger partial charge in [0.05, 0.1) is 13.0 Å². The monoisotopic (exact) mass is 339 g/mol. The van der Waals surface area contributed by atoms with Crippen LogP contribution in [0.3, 0.4) is 0 Å². The van der Waals surface area contributed by atoms with Crippen LogP contribution in [0.15, 0.2) is 35.1 Å². The number of amides is 1. The van der Waals surface area contributed by atoms with Crippen molar-refractivity contribution in [3.8, 4) is 0 Å². The molecule has 25 heavy (non-hydrogen) atoms. The molecule has 0 spiro atoms. The van der Waals surface area contributed by atoms with Crippen molar-refractivity contribution in [1.29, 1.82) is 0 Å². The summed E-state index contributed by atoms with van der Waals surface area (Å²) in [6, 6.07) is 8.00. The number of hydrogen-bond donors (Lipinski definition) is 1. The predicted molar refractivity (Wildman–Crippen MR) is 91.7 cm³/mol. The summed E-state index contributed by atoms with van der Waals surface area (Å²) in [7, 11) is 0. The SMILES string of the molecule is O=C(Cc1noc2ccccc12)NCc1nncn1C1CCCCC1. The first kappa shape index (κ1) is 15.8. The highest BCUT2D eigenvalue weighted by atomic mass is 16.5. The fourth-order valence-corrected chi connectivity index (χ4v) is 3.52. The van der Waals surface area contributed by atoms with Crippen molar-refractivity contribution >= 4 is 16.9 Å². The molecule has 7 heteroatoms. The lowest BCUT2D eigenvalue weighted by Crippen LogP contribution is -2.27. The van der Waals surface area contributed by atoms with E-state index in [2.05, 4.69) is 25.2 Å². The smallest absolute Gasteiger partial charge is 0.226 e. The summed E-state index contributed by atoms with van der Waals surface area (Å²) in [6.45, 7) is 0.380.